The molecule has 0 aliphatic carbocycles. The lowest BCUT2D eigenvalue weighted by atomic mass is 10.1. The summed E-state index contributed by atoms with van der Waals surface area (Å²) in [6.07, 6.45) is 4.40. The Bertz CT molecular complexity index is 812. The van der Waals surface area contributed by atoms with Gasteiger partial charge in [0.15, 0.2) is 0 Å². The molecule has 0 atom stereocenters. The number of methoxy groups -OCH3 is 1. The molecule has 0 radical (unpaired) electrons. The number of ether oxygens (including phenoxy) is 1. The van der Waals surface area contributed by atoms with E-state index in [9.17, 15) is 4.79 Å². The molecule has 0 saturated carbocycles. The molecule has 6 heteroatoms. The lowest BCUT2D eigenvalue weighted by molar-refractivity contribution is -0.121. The van der Waals surface area contributed by atoms with Gasteiger partial charge in [-0.2, -0.15) is 5.10 Å². The van der Waals surface area contributed by atoms with E-state index in [4.69, 9.17) is 4.74 Å². The van der Waals surface area contributed by atoms with Crippen LogP contribution in [0.4, 0.5) is 0 Å². The zero-order chi connectivity index (χ0) is 18.2. The molecule has 134 valence electrons. The maximum Gasteiger partial charge on any atom is 0.220 e. The van der Waals surface area contributed by atoms with E-state index in [1.54, 1.807) is 18.1 Å². The van der Waals surface area contributed by atoms with Gasteiger partial charge in [0.05, 0.1) is 13.7 Å². The van der Waals surface area contributed by atoms with Gasteiger partial charge in [-0.05, 0) is 35.2 Å². The minimum absolute atomic E-state index is 0.0486. The number of nitrogens with one attached hydrogen (secondary N) is 1. The summed E-state index contributed by atoms with van der Waals surface area (Å²) in [5.41, 5.74) is 3.34. The Balaban J connectivity index is 1.42. The van der Waals surface area contributed by atoms with Crippen LogP contribution < -0.4 is 10.1 Å². The summed E-state index contributed by atoms with van der Waals surface area (Å²) in [6.45, 7) is 1.22. The maximum absolute atomic E-state index is 12.0. The van der Waals surface area contributed by atoms with E-state index < -0.39 is 0 Å². The van der Waals surface area contributed by atoms with Gasteiger partial charge in [-0.1, -0.05) is 36.4 Å². The summed E-state index contributed by atoms with van der Waals surface area (Å²) in [4.78, 5) is 16.0. The third-order valence-corrected chi connectivity index (χ3v) is 4.12. The molecule has 3 rings (SSSR count). The fraction of sp³-hybridized carbons (Fsp3) is 0.250. The Kier molecular flexibility index (Phi) is 5.98. The Morgan fingerprint density at radius 1 is 1.04 bits per heavy atom. The SMILES string of the molecule is COc1ccc(CCC(=O)NCc2ccc(Cn3cncn3)cc2)cc1. The lowest BCUT2D eigenvalue weighted by Crippen LogP contribution is -2.23. The number of rotatable bonds is 8. The number of aryl methyl sites for hydroxylation is 1. The molecule has 1 N–H and O–H groups in total. The fourth-order valence-electron chi connectivity index (χ4n) is 2.60. The van der Waals surface area contributed by atoms with Crippen molar-refractivity contribution >= 4 is 5.91 Å². The summed E-state index contributed by atoms with van der Waals surface area (Å²) in [5.74, 6) is 0.873. The first kappa shape index (κ1) is 17.7. The van der Waals surface area contributed by atoms with Crippen LogP contribution >= 0.6 is 0 Å². The van der Waals surface area contributed by atoms with Crippen molar-refractivity contribution in [2.75, 3.05) is 7.11 Å². The van der Waals surface area contributed by atoms with Gasteiger partial charge in [0.2, 0.25) is 5.91 Å². The van der Waals surface area contributed by atoms with Crippen molar-refractivity contribution in [1.82, 2.24) is 20.1 Å². The second kappa shape index (κ2) is 8.80. The highest BCUT2D eigenvalue weighted by Gasteiger charge is 2.03. The number of benzene rings is 2. The highest BCUT2D eigenvalue weighted by molar-refractivity contribution is 5.76. The first-order valence-electron chi connectivity index (χ1n) is 8.53. The minimum Gasteiger partial charge on any atom is -0.497 e. The van der Waals surface area contributed by atoms with Gasteiger partial charge >= 0.3 is 0 Å². The molecule has 3 aromatic rings. The number of aromatic nitrogens is 3. The van der Waals surface area contributed by atoms with Crippen molar-refractivity contribution in [3.05, 3.63) is 77.9 Å². The van der Waals surface area contributed by atoms with Crippen LogP contribution in [-0.4, -0.2) is 27.8 Å². The van der Waals surface area contributed by atoms with Crippen LogP contribution in [-0.2, 0) is 24.3 Å². The van der Waals surface area contributed by atoms with Crippen molar-refractivity contribution in [3.63, 3.8) is 0 Å². The molecule has 1 aromatic heterocycles. The quantitative estimate of drug-likeness (QED) is 0.678. The van der Waals surface area contributed by atoms with E-state index in [-0.39, 0.29) is 5.91 Å². The number of hydrogen-bond donors (Lipinski definition) is 1. The van der Waals surface area contributed by atoms with Gasteiger partial charge in [0.25, 0.3) is 0 Å². The first-order chi connectivity index (χ1) is 12.7. The minimum atomic E-state index is 0.0486. The van der Waals surface area contributed by atoms with Crippen molar-refractivity contribution in [3.8, 4) is 5.75 Å². The van der Waals surface area contributed by atoms with Crippen molar-refractivity contribution in [2.24, 2.45) is 0 Å². The first-order valence-corrected chi connectivity index (χ1v) is 8.53. The number of carbonyl (C=O) groups excluding carboxylic acids is 1. The van der Waals surface area contributed by atoms with Gasteiger partial charge < -0.3 is 10.1 Å². The molecule has 0 unspecified atom stereocenters. The molecular formula is C20H22N4O2. The third-order valence-electron chi connectivity index (χ3n) is 4.12. The van der Waals surface area contributed by atoms with E-state index in [2.05, 4.69) is 15.4 Å². The highest BCUT2D eigenvalue weighted by Crippen LogP contribution is 2.12. The predicted molar refractivity (Wildman–Crippen MR) is 98.7 cm³/mol. The second-order valence-electron chi connectivity index (χ2n) is 6.03. The highest BCUT2D eigenvalue weighted by atomic mass is 16.5. The zero-order valence-corrected chi connectivity index (χ0v) is 14.8. The third kappa shape index (κ3) is 5.17. The average molecular weight is 350 g/mol. The maximum atomic E-state index is 12.0. The number of carbonyl (C=O) groups is 1. The van der Waals surface area contributed by atoms with Gasteiger partial charge in [-0.25, -0.2) is 9.67 Å². The molecule has 2 aromatic carbocycles. The summed E-state index contributed by atoms with van der Waals surface area (Å²) in [7, 11) is 1.64. The van der Waals surface area contributed by atoms with Gasteiger partial charge in [-0.15, -0.1) is 0 Å². The van der Waals surface area contributed by atoms with Crippen LogP contribution in [0.1, 0.15) is 23.1 Å². The number of nitrogens with zero attached hydrogens (tertiary/aromatic N) is 3. The van der Waals surface area contributed by atoms with E-state index in [1.807, 2.05) is 48.5 Å². The molecule has 1 heterocycles. The molecule has 0 aliphatic rings. The molecule has 0 bridgehead atoms. The van der Waals surface area contributed by atoms with Crippen molar-refractivity contribution in [1.29, 1.82) is 0 Å². The Morgan fingerprint density at radius 2 is 1.73 bits per heavy atom. The summed E-state index contributed by atoms with van der Waals surface area (Å²) >= 11 is 0. The van der Waals surface area contributed by atoms with Crippen LogP contribution in [0, 0.1) is 0 Å². The number of amides is 1. The Hall–Kier alpha value is -3.15. The Morgan fingerprint density at radius 3 is 2.38 bits per heavy atom. The van der Waals surface area contributed by atoms with Gasteiger partial charge in [0.1, 0.15) is 18.4 Å². The molecule has 1 amide bonds. The monoisotopic (exact) mass is 350 g/mol. The van der Waals surface area contributed by atoms with E-state index in [0.717, 1.165) is 22.4 Å². The van der Waals surface area contributed by atoms with Crippen LogP contribution in [0.15, 0.2) is 61.2 Å². The van der Waals surface area contributed by atoms with Crippen LogP contribution in [0.5, 0.6) is 5.75 Å². The van der Waals surface area contributed by atoms with E-state index in [1.165, 1.54) is 6.33 Å². The van der Waals surface area contributed by atoms with Gasteiger partial charge in [-0.3, -0.25) is 4.79 Å². The summed E-state index contributed by atoms with van der Waals surface area (Å²) in [6, 6.07) is 15.9. The zero-order valence-electron chi connectivity index (χ0n) is 14.8. The molecule has 26 heavy (non-hydrogen) atoms. The topological polar surface area (TPSA) is 69.0 Å². The standard InChI is InChI=1S/C20H22N4O2/c1-26-19-9-6-16(7-10-19)8-11-20(25)22-12-17-2-4-18(5-3-17)13-24-15-21-14-23-24/h2-7,9-10,14-15H,8,11-13H2,1H3,(H,22,25). The fourth-order valence-corrected chi connectivity index (χ4v) is 2.60. The van der Waals surface area contributed by atoms with Crippen LogP contribution in [0.25, 0.3) is 0 Å². The normalized spacial score (nSPS) is 10.5. The lowest BCUT2D eigenvalue weighted by Gasteiger charge is -2.07. The average Bonchev–Trinajstić information content (AvgIpc) is 3.19. The molecular weight excluding hydrogens is 328 g/mol. The molecule has 0 saturated heterocycles. The molecule has 0 aliphatic heterocycles. The summed E-state index contributed by atoms with van der Waals surface area (Å²) < 4.78 is 6.91. The van der Waals surface area contributed by atoms with E-state index >= 15 is 0 Å². The molecule has 0 spiro atoms. The Labute approximate surface area is 152 Å². The number of hydrogen-bond acceptors (Lipinski definition) is 4. The predicted octanol–water partition coefficient (Wildman–Crippen LogP) is 2.58. The van der Waals surface area contributed by atoms with Crippen LogP contribution in [0.3, 0.4) is 0 Å². The largest absolute Gasteiger partial charge is 0.497 e. The van der Waals surface area contributed by atoms with Crippen molar-refractivity contribution in [2.45, 2.75) is 25.9 Å². The molecule has 0 fully saturated rings. The smallest absolute Gasteiger partial charge is 0.220 e. The second-order valence-corrected chi connectivity index (χ2v) is 6.03. The van der Waals surface area contributed by atoms with Crippen LogP contribution in [0.2, 0.25) is 0 Å². The van der Waals surface area contributed by atoms with E-state index in [0.29, 0.717) is 25.9 Å². The van der Waals surface area contributed by atoms with Gasteiger partial charge in [0, 0.05) is 13.0 Å². The summed E-state index contributed by atoms with van der Waals surface area (Å²) in [5, 5.41) is 7.06. The molecule has 6 nitrogen and oxygen atoms in total. The van der Waals surface area contributed by atoms with Crippen molar-refractivity contribution < 1.29 is 9.53 Å².